The molecule has 0 amide bonds. The number of hydrogen-bond donors (Lipinski definition) is 1. The van der Waals surface area contributed by atoms with Crippen molar-refractivity contribution in [3.63, 3.8) is 0 Å². The summed E-state index contributed by atoms with van der Waals surface area (Å²) in [6.45, 7) is 7.73. The van der Waals surface area contributed by atoms with Crippen LogP contribution in [0, 0.1) is 10.8 Å². The molecule has 0 radical (unpaired) electrons. The molecule has 9 atom stereocenters. The molecule has 4 fully saturated rings. The fraction of sp³-hybridized carbons (Fsp3) is 0.645. The van der Waals surface area contributed by atoms with E-state index in [1.54, 1.807) is 19.1 Å². The van der Waals surface area contributed by atoms with Crippen LogP contribution in [0.1, 0.15) is 53.4 Å². The summed E-state index contributed by atoms with van der Waals surface area (Å²) >= 11 is 0. The molecule has 4 bridgehead atoms. The lowest BCUT2D eigenvalue weighted by molar-refractivity contribution is -0.232. The van der Waals surface area contributed by atoms with Gasteiger partial charge >= 0.3 is 17.9 Å². The summed E-state index contributed by atoms with van der Waals surface area (Å²) < 4.78 is 36.3. The molecule has 1 saturated carbocycles. The molecule has 0 aromatic heterocycles. The van der Waals surface area contributed by atoms with Crippen LogP contribution in [0.4, 0.5) is 0 Å². The van der Waals surface area contributed by atoms with Crippen molar-refractivity contribution < 1.29 is 47.9 Å². The molecule has 222 valence electrons. The van der Waals surface area contributed by atoms with Gasteiger partial charge in [-0.1, -0.05) is 30.7 Å². The minimum Gasteiger partial charge on any atom is -0.462 e. The van der Waals surface area contributed by atoms with Gasteiger partial charge < -0.3 is 33.5 Å². The van der Waals surface area contributed by atoms with Crippen LogP contribution in [0.3, 0.4) is 0 Å². The third kappa shape index (κ3) is 4.17. The van der Waals surface area contributed by atoms with Crippen molar-refractivity contribution in [2.75, 3.05) is 19.8 Å². The van der Waals surface area contributed by atoms with Gasteiger partial charge in [-0.25, -0.2) is 9.59 Å². The number of fused-ring (bicyclic) bond motifs is 2. The van der Waals surface area contributed by atoms with Crippen molar-refractivity contribution in [2.24, 2.45) is 10.8 Å². The van der Waals surface area contributed by atoms with Gasteiger partial charge in [0.25, 0.3) is 0 Å². The predicted molar refractivity (Wildman–Crippen MR) is 143 cm³/mol. The van der Waals surface area contributed by atoms with Crippen LogP contribution in [-0.2, 0) is 42.8 Å². The first kappa shape index (κ1) is 28.3. The average molecular weight is 571 g/mol. The minimum atomic E-state index is -1.48. The lowest BCUT2D eigenvalue weighted by Crippen LogP contribution is -2.66. The number of esters is 3. The number of ether oxygens (including phenoxy) is 6. The van der Waals surface area contributed by atoms with E-state index in [1.807, 2.05) is 0 Å². The van der Waals surface area contributed by atoms with E-state index in [4.69, 9.17) is 28.4 Å². The second-order valence-corrected chi connectivity index (χ2v) is 12.4. The third-order valence-electron chi connectivity index (χ3n) is 10.5. The maximum Gasteiger partial charge on any atom is 0.331 e. The van der Waals surface area contributed by atoms with Crippen LogP contribution >= 0.6 is 0 Å². The van der Waals surface area contributed by atoms with Gasteiger partial charge in [0.05, 0.1) is 30.8 Å². The van der Waals surface area contributed by atoms with Crippen LogP contribution in [0.2, 0.25) is 0 Å². The van der Waals surface area contributed by atoms with Crippen molar-refractivity contribution in [1.29, 1.82) is 0 Å². The molecule has 6 rings (SSSR count). The van der Waals surface area contributed by atoms with Gasteiger partial charge in [-0.3, -0.25) is 4.79 Å². The molecule has 4 heterocycles. The zero-order chi connectivity index (χ0) is 29.2. The molecule has 10 nitrogen and oxygen atoms in total. The highest BCUT2D eigenvalue weighted by atomic mass is 16.6. The molecule has 6 aliphatic rings. The molecule has 0 aromatic carbocycles. The summed E-state index contributed by atoms with van der Waals surface area (Å²) in [6.07, 6.45) is 8.26. The highest BCUT2D eigenvalue weighted by molar-refractivity contribution is 5.83. The molecule has 2 aliphatic carbocycles. The summed E-state index contributed by atoms with van der Waals surface area (Å²) in [7, 11) is 0. The van der Waals surface area contributed by atoms with Crippen molar-refractivity contribution in [3.8, 4) is 0 Å². The Balaban J connectivity index is 1.42. The molecule has 4 unspecified atom stereocenters. The van der Waals surface area contributed by atoms with Crippen LogP contribution in [0.15, 0.2) is 47.6 Å². The number of cyclic esters (lactones) is 1. The largest absolute Gasteiger partial charge is 0.462 e. The van der Waals surface area contributed by atoms with E-state index < -0.39 is 58.3 Å². The second kappa shape index (κ2) is 9.90. The van der Waals surface area contributed by atoms with Crippen molar-refractivity contribution in [1.82, 2.24) is 0 Å². The molecule has 0 aromatic rings. The van der Waals surface area contributed by atoms with E-state index in [9.17, 15) is 19.5 Å². The Morgan fingerprint density at radius 2 is 1.90 bits per heavy atom. The standard InChI is InChI=1S/C31H38O10/c1-18-8-11-29-16-36-26(34)14-21-9-12-37-30(27(21)35,19(2)39-20(3)32)10-6-5-7-25(33)41-22-15-24(40-23(29)13-18)31(17-38-31)28(22,29)4/h5-7,10,13-14,19,22-24,27,35H,8-9,11-12,15-17H2,1-4H3/b7-5-,10-6?,21-14?/t19?,22-,23?,24?,27-,28-,29-,30?,31-/m1/s1. The van der Waals surface area contributed by atoms with Crippen LogP contribution in [0.25, 0.3) is 0 Å². The Hall–Kier alpha value is -2.79. The molecule has 4 aliphatic heterocycles. The van der Waals surface area contributed by atoms with Gasteiger partial charge in [0, 0.05) is 30.9 Å². The zero-order valence-corrected chi connectivity index (χ0v) is 23.9. The van der Waals surface area contributed by atoms with Crippen LogP contribution in [0.5, 0.6) is 0 Å². The number of aliphatic hydroxyl groups is 1. The highest BCUT2D eigenvalue weighted by Gasteiger charge is 2.83. The van der Waals surface area contributed by atoms with E-state index in [1.165, 1.54) is 30.7 Å². The van der Waals surface area contributed by atoms with Gasteiger partial charge in [0.2, 0.25) is 0 Å². The number of epoxide rings is 1. The maximum absolute atomic E-state index is 13.4. The first-order valence-corrected chi connectivity index (χ1v) is 14.4. The molecule has 41 heavy (non-hydrogen) atoms. The summed E-state index contributed by atoms with van der Waals surface area (Å²) in [4.78, 5) is 38.3. The number of hydrogen-bond acceptors (Lipinski definition) is 10. The normalized spacial score (nSPS) is 45.0. The van der Waals surface area contributed by atoms with Crippen molar-refractivity contribution in [2.45, 2.75) is 95.1 Å². The number of aliphatic hydroxyl groups excluding tert-OH is 1. The molecular weight excluding hydrogens is 532 g/mol. The number of rotatable bonds is 2. The number of carbonyl (C=O) groups is 3. The van der Waals surface area contributed by atoms with E-state index in [0.29, 0.717) is 25.0 Å². The van der Waals surface area contributed by atoms with Crippen LogP contribution < -0.4 is 0 Å². The predicted octanol–water partition coefficient (Wildman–Crippen LogP) is 2.64. The van der Waals surface area contributed by atoms with Crippen LogP contribution in [-0.4, -0.2) is 84.6 Å². The fourth-order valence-corrected chi connectivity index (χ4v) is 8.00. The van der Waals surface area contributed by atoms with Gasteiger partial charge in [-0.15, -0.1) is 0 Å². The van der Waals surface area contributed by atoms with Crippen molar-refractivity contribution in [3.05, 3.63) is 47.6 Å². The quantitative estimate of drug-likeness (QED) is 0.229. The Bertz CT molecular complexity index is 1260. The lowest BCUT2D eigenvalue weighted by Gasteiger charge is -2.58. The van der Waals surface area contributed by atoms with Crippen molar-refractivity contribution >= 4 is 17.9 Å². The fourth-order valence-electron chi connectivity index (χ4n) is 8.00. The smallest absolute Gasteiger partial charge is 0.331 e. The molecular formula is C31H38O10. The summed E-state index contributed by atoms with van der Waals surface area (Å²) in [5.74, 6) is -1.68. The number of allylic oxidation sites excluding steroid dienone is 3. The van der Waals surface area contributed by atoms with E-state index in [0.717, 1.165) is 6.42 Å². The Morgan fingerprint density at radius 1 is 1.12 bits per heavy atom. The SMILES string of the molecule is CC(=O)OC(C)C12C=C/C=C\C(=O)O[C@@H]3CC4OC5C=C(C)CC[C@]5(COC(=O)C=C(CCO1)[C@H]2O)[C@]3(C)[C@@]41CO1. The summed E-state index contributed by atoms with van der Waals surface area (Å²) in [6, 6.07) is 0. The highest BCUT2D eigenvalue weighted by Crippen LogP contribution is 2.72. The van der Waals surface area contributed by atoms with Gasteiger partial charge in [0.15, 0.2) is 5.60 Å². The Kier molecular flexibility index (Phi) is 6.84. The topological polar surface area (TPSA) is 130 Å². The monoisotopic (exact) mass is 570 g/mol. The molecule has 2 spiro atoms. The molecule has 1 N–H and O–H groups in total. The van der Waals surface area contributed by atoms with Gasteiger partial charge in [0.1, 0.15) is 30.5 Å². The molecule has 3 saturated heterocycles. The maximum atomic E-state index is 13.4. The summed E-state index contributed by atoms with van der Waals surface area (Å²) in [5, 5.41) is 11.5. The van der Waals surface area contributed by atoms with Gasteiger partial charge in [-0.05, 0) is 44.8 Å². The van der Waals surface area contributed by atoms with Gasteiger partial charge in [-0.2, -0.15) is 0 Å². The Labute approximate surface area is 239 Å². The lowest BCUT2D eigenvalue weighted by atomic mass is 9.51. The van der Waals surface area contributed by atoms with E-state index in [2.05, 4.69) is 19.9 Å². The first-order chi connectivity index (χ1) is 19.5. The minimum absolute atomic E-state index is 0.0315. The zero-order valence-electron chi connectivity index (χ0n) is 23.9. The average Bonchev–Trinajstić information content (AvgIpc) is 3.69. The van der Waals surface area contributed by atoms with E-state index >= 15 is 0 Å². The van der Waals surface area contributed by atoms with E-state index in [-0.39, 0.29) is 31.8 Å². The third-order valence-corrected chi connectivity index (χ3v) is 10.5. The second-order valence-electron chi connectivity index (χ2n) is 12.4. The number of carbonyl (C=O) groups excluding carboxylic acids is 3. The summed E-state index contributed by atoms with van der Waals surface area (Å²) in [5.41, 5.74) is -1.86. The Morgan fingerprint density at radius 3 is 2.63 bits per heavy atom. The molecule has 10 heteroatoms. The first-order valence-electron chi connectivity index (χ1n) is 14.4.